The summed E-state index contributed by atoms with van der Waals surface area (Å²) in [5.74, 6) is -1.28. The standard InChI is InChI=1S/C14H8Cl4N2O3/c15-7-1-2-10(17)9(3-7)14(22)23-6-12(21)20-13-11(18)4-8(16)5-19-13/h1-5H,6H2,(H,19,20,21). The number of nitrogens with one attached hydrogen (secondary N) is 1. The van der Waals surface area contributed by atoms with Crippen molar-refractivity contribution < 1.29 is 14.3 Å². The number of nitrogens with zero attached hydrogens (tertiary/aromatic N) is 1. The third-order valence-corrected chi connectivity index (χ3v) is 3.61. The van der Waals surface area contributed by atoms with E-state index in [9.17, 15) is 9.59 Å². The van der Waals surface area contributed by atoms with Crippen molar-refractivity contribution in [2.75, 3.05) is 11.9 Å². The van der Waals surface area contributed by atoms with E-state index in [0.717, 1.165) is 0 Å². The lowest BCUT2D eigenvalue weighted by Gasteiger charge is -2.08. The first kappa shape index (κ1) is 17.8. The highest BCUT2D eigenvalue weighted by atomic mass is 35.5. The van der Waals surface area contributed by atoms with Crippen molar-refractivity contribution in [3.8, 4) is 0 Å². The van der Waals surface area contributed by atoms with Crippen molar-refractivity contribution in [3.05, 3.63) is 56.1 Å². The van der Waals surface area contributed by atoms with Gasteiger partial charge in [0, 0.05) is 11.2 Å². The second kappa shape index (κ2) is 7.84. The van der Waals surface area contributed by atoms with Gasteiger partial charge in [0.05, 0.1) is 20.6 Å². The average molecular weight is 394 g/mol. The number of hydrogen-bond acceptors (Lipinski definition) is 4. The Morgan fingerprint density at radius 2 is 1.78 bits per heavy atom. The number of halogens is 4. The van der Waals surface area contributed by atoms with Gasteiger partial charge in [-0.3, -0.25) is 4.79 Å². The van der Waals surface area contributed by atoms with Crippen LogP contribution in [0.5, 0.6) is 0 Å². The smallest absolute Gasteiger partial charge is 0.340 e. The Labute approximate surface area is 151 Å². The van der Waals surface area contributed by atoms with E-state index in [1.54, 1.807) is 0 Å². The lowest BCUT2D eigenvalue weighted by Crippen LogP contribution is -2.21. The summed E-state index contributed by atoms with van der Waals surface area (Å²) >= 11 is 23.2. The van der Waals surface area contributed by atoms with Gasteiger partial charge in [-0.25, -0.2) is 9.78 Å². The predicted molar refractivity (Wildman–Crippen MR) is 89.6 cm³/mol. The third kappa shape index (κ3) is 4.97. The summed E-state index contributed by atoms with van der Waals surface area (Å²) in [6.45, 7) is -0.539. The van der Waals surface area contributed by atoms with Crippen molar-refractivity contribution in [1.82, 2.24) is 4.98 Å². The number of rotatable bonds is 4. The Bertz CT molecular complexity index is 768. The molecule has 0 fully saturated rings. The van der Waals surface area contributed by atoms with Crippen molar-refractivity contribution in [3.63, 3.8) is 0 Å². The SMILES string of the molecule is O=C(COC(=O)c1cc(Cl)ccc1Cl)Nc1ncc(Cl)cc1Cl. The van der Waals surface area contributed by atoms with Gasteiger partial charge < -0.3 is 10.1 Å². The zero-order chi connectivity index (χ0) is 17.0. The van der Waals surface area contributed by atoms with Crippen LogP contribution in [0.2, 0.25) is 20.1 Å². The molecule has 0 bridgehead atoms. The first-order valence-corrected chi connectivity index (χ1v) is 7.61. The van der Waals surface area contributed by atoms with Crippen molar-refractivity contribution in [2.45, 2.75) is 0 Å². The lowest BCUT2D eigenvalue weighted by molar-refractivity contribution is -0.119. The lowest BCUT2D eigenvalue weighted by atomic mass is 10.2. The normalized spacial score (nSPS) is 10.3. The molecule has 2 aromatic rings. The molecule has 0 unspecified atom stereocenters. The zero-order valence-electron chi connectivity index (χ0n) is 11.3. The maximum absolute atomic E-state index is 11.9. The van der Waals surface area contributed by atoms with E-state index in [1.807, 2.05) is 0 Å². The van der Waals surface area contributed by atoms with Crippen LogP contribution < -0.4 is 5.32 Å². The molecule has 0 saturated carbocycles. The Morgan fingerprint density at radius 3 is 2.48 bits per heavy atom. The minimum atomic E-state index is -0.775. The number of pyridine rings is 1. The number of amides is 1. The molecule has 0 radical (unpaired) electrons. The summed E-state index contributed by atoms with van der Waals surface area (Å²) in [6.07, 6.45) is 1.32. The topological polar surface area (TPSA) is 68.3 Å². The third-order valence-electron chi connectivity index (χ3n) is 2.55. The monoisotopic (exact) mass is 392 g/mol. The first-order valence-electron chi connectivity index (χ1n) is 6.10. The fourth-order valence-electron chi connectivity index (χ4n) is 1.54. The van der Waals surface area contributed by atoms with E-state index >= 15 is 0 Å². The van der Waals surface area contributed by atoms with E-state index in [2.05, 4.69) is 10.3 Å². The second-order valence-electron chi connectivity index (χ2n) is 4.23. The summed E-state index contributed by atoms with van der Waals surface area (Å²) in [4.78, 5) is 27.5. The summed E-state index contributed by atoms with van der Waals surface area (Å²) in [6, 6.07) is 5.75. The van der Waals surface area contributed by atoms with Crippen LogP contribution in [-0.4, -0.2) is 23.5 Å². The minimum absolute atomic E-state index is 0.0645. The molecular weight excluding hydrogens is 386 g/mol. The summed E-state index contributed by atoms with van der Waals surface area (Å²) in [5.41, 5.74) is 0.0645. The largest absolute Gasteiger partial charge is 0.452 e. The van der Waals surface area contributed by atoms with Gasteiger partial charge in [-0.1, -0.05) is 46.4 Å². The number of carbonyl (C=O) groups is 2. The van der Waals surface area contributed by atoms with E-state index in [0.29, 0.717) is 10.0 Å². The van der Waals surface area contributed by atoms with Crippen LogP contribution in [0.1, 0.15) is 10.4 Å². The molecular formula is C14H8Cl4N2O3. The number of benzene rings is 1. The molecule has 1 aromatic carbocycles. The van der Waals surface area contributed by atoms with E-state index < -0.39 is 18.5 Å². The van der Waals surface area contributed by atoms with E-state index in [1.165, 1.54) is 30.5 Å². The quantitative estimate of drug-likeness (QED) is 0.777. The average Bonchev–Trinajstić information content (AvgIpc) is 2.50. The Balaban J connectivity index is 1.96. The number of aromatic nitrogens is 1. The molecule has 1 amide bonds. The van der Waals surface area contributed by atoms with Gasteiger partial charge in [0.25, 0.3) is 5.91 Å². The van der Waals surface area contributed by atoms with Gasteiger partial charge in [0.1, 0.15) is 0 Å². The Kier molecular flexibility index (Phi) is 6.07. The van der Waals surface area contributed by atoms with E-state index in [-0.39, 0.29) is 21.4 Å². The van der Waals surface area contributed by atoms with Gasteiger partial charge in [0.15, 0.2) is 12.4 Å². The molecule has 9 heteroatoms. The van der Waals surface area contributed by atoms with Crippen LogP contribution in [0.4, 0.5) is 5.82 Å². The summed E-state index contributed by atoms with van der Waals surface area (Å²) in [5, 5.41) is 3.38. The number of anilines is 1. The number of carbonyl (C=O) groups excluding carboxylic acids is 2. The molecule has 2 rings (SSSR count). The molecule has 5 nitrogen and oxygen atoms in total. The fraction of sp³-hybridized carbons (Fsp3) is 0.0714. The summed E-state index contributed by atoms with van der Waals surface area (Å²) < 4.78 is 4.87. The van der Waals surface area contributed by atoms with Gasteiger partial charge in [-0.15, -0.1) is 0 Å². The van der Waals surface area contributed by atoms with Crippen molar-refractivity contribution in [1.29, 1.82) is 0 Å². The number of esters is 1. The molecule has 0 spiro atoms. The molecule has 0 atom stereocenters. The zero-order valence-corrected chi connectivity index (χ0v) is 14.3. The highest BCUT2D eigenvalue weighted by Gasteiger charge is 2.15. The molecule has 1 heterocycles. The second-order valence-corrected chi connectivity index (χ2v) is 5.92. The van der Waals surface area contributed by atoms with Gasteiger partial charge in [0.2, 0.25) is 0 Å². The number of ether oxygens (including phenoxy) is 1. The Morgan fingerprint density at radius 1 is 1.04 bits per heavy atom. The van der Waals surface area contributed by atoms with Crippen LogP contribution in [0, 0.1) is 0 Å². The van der Waals surface area contributed by atoms with Crippen LogP contribution in [0.25, 0.3) is 0 Å². The molecule has 23 heavy (non-hydrogen) atoms. The van der Waals surface area contributed by atoms with Gasteiger partial charge >= 0.3 is 5.97 Å². The van der Waals surface area contributed by atoms with Gasteiger partial charge in [-0.2, -0.15) is 0 Å². The van der Waals surface area contributed by atoms with Crippen LogP contribution in [0.15, 0.2) is 30.5 Å². The van der Waals surface area contributed by atoms with Crippen LogP contribution >= 0.6 is 46.4 Å². The first-order chi connectivity index (χ1) is 10.9. The molecule has 0 saturated heterocycles. The van der Waals surface area contributed by atoms with Crippen molar-refractivity contribution in [2.24, 2.45) is 0 Å². The molecule has 0 aliphatic rings. The van der Waals surface area contributed by atoms with E-state index in [4.69, 9.17) is 51.1 Å². The molecule has 0 aliphatic carbocycles. The van der Waals surface area contributed by atoms with Crippen LogP contribution in [-0.2, 0) is 9.53 Å². The molecule has 120 valence electrons. The van der Waals surface area contributed by atoms with Crippen LogP contribution in [0.3, 0.4) is 0 Å². The molecule has 1 N–H and O–H groups in total. The van der Waals surface area contributed by atoms with Gasteiger partial charge in [-0.05, 0) is 24.3 Å². The fourth-order valence-corrected chi connectivity index (χ4v) is 2.33. The molecule has 1 aromatic heterocycles. The summed E-state index contributed by atoms with van der Waals surface area (Å²) in [7, 11) is 0. The number of hydrogen-bond donors (Lipinski definition) is 1. The van der Waals surface area contributed by atoms with Crippen molar-refractivity contribution >= 4 is 64.1 Å². The maximum Gasteiger partial charge on any atom is 0.340 e. The molecule has 0 aliphatic heterocycles. The minimum Gasteiger partial charge on any atom is -0.452 e. The Hall–Kier alpha value is -1.53. The maximum atomic E-state index is 11.9. The predicted octanol–water partition coefficient (Wildman–Crippen LogP) is 4.49. The highest BCUT2D eigenvalue weighted by molar-refractivity contribution is 6.36. The highest BCUT2D eigenvalue weighted by Crippen LogP contribution is 2.23.